The van der Waals surface area contributed by atoms with Gasteiger partial charge >= 0.3 is 0 Å². The maximum absolute atomic E-state index is 8.25. The first-order valence-electron chi connectivity index (χ1n) is 0.548. The van der Waals surface area contributed by atoms with Gasteiger partial charge in [-0.2, -0.15) is 0 Å². The molecule has 33 valence electrons. The van der Waals surface area contributed by atoms with Crippen LogP contribution < -0.4 is 0 Å². The molecule has 6 heavy (non-hydrogen) atoms. The van der Waals surface area contributed by atoms with Gasteiger partial charge in [0, 0.05) is 29.6 Å². The number of nitrogens with zero attached hydrogens (tertiary/aromatic N) is 1. The van der Waals surface area contributed by atoms with Crippen molar-refractivity contribution in [3.63, 3.8) is 0 Å². The molecule has 0 aromatic rings. The van der Waals surface area contributed by atoms with Crippen molar-refractivity contribution in [1.29, 1.82) is 0 Å². The minimum absolute atomic E-state index is 0. The van der Waals surface area contributed by atoms with E-state index in [0.29, 0.717) is 0 Å². The SMILES string of the molecule is O=[N+]([O-])[O-].[Na].[SH3+]. The van der Waals surface area contributed by atoms with Gasteiger partial charge < -0.3 is 15.3 Å². The van der Waals surface area contributed by atoms with E-state index in [1.54, 1.807) is 0 Å². The van der Waals surface area contributed by atoms with Crippen LogP contribution >= 0.6 is 0 Å². The second kappa shape index (κ2) is 9.12. The molecule has 0 saturated heterocycles. The Bertz CT molecular complexity index is 33.8. The summed E-state index contributed by atoms with van der Waals surface area (Å²) in [5.41, 5.74) is 0. The van der Waals surface area contributed by atoms with Crippen molar-refractivity contribution < 1.29 is 5.09 Å². The fraction of sp³-hybridized carbons (Fsp3) is 0. The summed E-state index contributed by atoms with van der Waals surface area (Å²) >= 11 is 0. The zero-order chi connectivity index (χ0) is 3.58. The fourth-order valence-corrected chi connectivity index (χ4v) is 0. The van der Waals surface area contributed by atoms with Crippen LogP contribution in [-0.4, -0.2) is 34.6 Å². The molecule has 4 nitrogen and oxygen atoms in total. The standard InChI is InChI=1S/NO3.Na.H2S/c2-1(3)4;;/h;;1H2/q-1;;/p+1. The molecule has 1 radical (unpaired) electrons. The van der Waals surface area contributed by atoms with Gasteiger partial charge in [-0.25, -0.2) is 0 Å². The van der Waals surface area contributed by atoms with E-state index in [4.69, 9.17) is 15.3 Å². The van der Waals surface area contributed by atoms with E-state index in [2.05, 4.69) is 0 Å². The Morgan fingerprint density at radius 3 is 1.33 bits per heavy atom. The van der Waals surface area contributed by atoms with E-state index in [1.165, 1.54) is 0 Å². The van der Waals surface area contributed by atoms with Crippen LogP contribution in [0.15, 0.2) is 0 Å². The van der Waals surface area contributed by atoms with Crippen molar-refractivity contribution in [1.82, 2.24) is 0 Å². The molecule has 0 fully saturated rings. The van der Waals surface area contributed by atoms with Crippen LogP contribution in [0.5, 0.6) is 0 Å². The van der Waals surface area contributed by atoms with E-state index < -0.39 is 5.09 Å². The quantitative estimate of drug-likeness (QED) is 0.170. The van der Waals surface area contributed by atoms with Crippen molar-refractivity contribution in [2.75, 3.05) is 0 Å². The summed E-state index contributed by atoms with van der Waals surface area (Å²) < 4.78 is 0. The molecule has 0 unspecified atom stereocenters. The van der Waals surface area contributed by atoms with E-state index in [-0.39, 0.29) is 43.1 Å². The van der Waals surface area contributed by atoms with Gasteiger partial charge in [-0.15, -0.1) is 0 Å². The smallest absolute Gasteiger partial charge is 0.0689 e. The summed E-state index contributed by atoms with van der Waals surface area (Å²) in [6.45, 7) is 0. The molecule has 6 heteroatoms. The van der Waals surface area contributed by atoms with Crippen molar-refractivity contribution >= 4 is 43.1 Å². The molecule has 0 aliphatic heterocycles. The van der Waals surface area contributed by atoms with Crippen LogP contribution in [-0.2, 0) is 13.5 Å². The Balaban J connectivity index is -0.0000000450. The van der Waals surface area contributed by atoms with E-state index in [1.807, 2.05) is 0 Å². The fourth-order valence-electron chi connectivity index (χ4n) is 0. The summed E-state index contributed by atoms with van der Waals surface area (Å²) in [7, 11) is 0. The van der Waals surface area contributed by atoms with Crippen LogP contribution in [0.4, 0.5) is 0 Å². The molecule has 0 aliphatic carbocycles. The van der Waals surface area contributed by atoms with Crippen molar-refractivity contribution in [3.05, 3.63) is 15.3 Å². The Morgan fingerprint density at radius 1 is 1.33 bits per heavy atom. The van der Waals surface area contributed by atoms with Crippen LogP contribution in [0.25, 0.3) is 0 Å². The molecular weight excluding hydrogens is 117 g/mol. The molecular formula is H3NNaO3S. The van der Waals surface area contributed by atoms with E-state index >= 15 is 0 Å². The van der Waals surface area contributed by atoms with Gasteiger partial charge in [0.1, 0.15) is 0 Å². The Morgan fingerprint density at radius 2 is 1.33 bits per heavy atom. The maximum atomic E-state index is 8.25. The average Bonchev–Trinajstić information content (AvgIpc) is 0.811. The molecule has 0 rings (SSSR count). The summed E-state index contributed by atoms with van der Waals surface area (Å²) in [5.74, 6) is 0. The summed E-state index contributed by atoms with van der Waals surface area (Å²) in [5, 5.41) is 14.8. The Hall–Kier alpha value is 0.550. The summed E-state index contributed by atoms with van der Waals surface area (Å²) in [6.07, 6.45) is 0. The third-order valence-electron chi connectivity index (χ3n) is 0. The number of hydrogen-bond donors (Lipinski definition) is 0. The molecule has 0 aliphatic rings. The molecule has 0 heterocycles. The molecule has 0 aromatic heterocycles. The predicted octanol–water partition coefficient (Wildman–Crippen LogP) is -1.43. The monoisotopic (exact) mass is 120 g/mol. The molecule has 0 atom stereocenters. The molecule has 0 saturated carbocycles. The zero-order valence-electron chi connectivity index (χ0n) is 3.25. The van der Waals surface area contributed by atoms with Crippen LogP contribution in [0.3, 0.4) is 0 Å². The van der Waals surface area contributed by atoms with Gasteiger partial charge in [0.05, 0.1) is 5.09 Å². The van der Waals surface area contributed by atoms with Crippen LogP contribution in [0.1, 0.15) is 0 Å². The summed E-state index contributed by atoms with van der Waals surface area (Å²) in [6, 6.07) is 0. The first-order valence-corrected chi connectivity index (χ1v) is 0.548. The Kier molecular flexibility index (Phi) is 24.3. The van der Waals surface area contributed by atoms with Crippen molar-refractivity contribution in [2.45, 2.75) is 0 Å². The first-order chi connectivity index (χ1) is 1.73. The molecule has 0 N–H and O–H groups in total. The van der Waals surface area contributed by atoms with E-state index in [9.17, 15) is 0 Å². The molecule has 0 amide bonds. The topological polar surface area (TPSA) is 66.2 Å². The molecule has 0 bridgehead atoms. The maximum Gasteiger partial charge on any atom is 0.0689 e. The van der Waals surface area contributed by atoms with Crippen LogP contribution in [0, 0.1) is 15.3 Å². The van der Waals surface area contributed by atoms with Crippen molar-refractivity contribution in [3.8, 4) is 0 Å². The first kappa shape index (κ1) is 16.0. The predicted molar refractivity (Wildman–Crippen MR) is 27.7 cm³/mol. The van der Waals surface area contributed by atoms with Gasteiger partial charge in [-0.3, -0.25) is 0 Å². The van der Waals surface area contributed by atoms with Gasteiger partial charge in [-0.1, -0.05) is 13.5 Å². The largest absolute Gasteiger partial charge is 0.356 e. The Labute approximate surface area is 63.4 Å². The third-order valence-corrected chi connectivity index (χ3v) is 0. The van der Waals surface area contributed by atoms with Gasteiger partial charge in [-0.05, 0) is 0 Å². The minimum atomic E-state index is -1.75. The van der Waals surface area contributed by atoms with Gasteiger partial charge in [0.15, 0.2) is 0 Å². The van der Waals surface area contributed by atoms with Crippen molar-refractivity contribution in [2.24, 2.45) is 0 Å². The average molecular weight is 120 g/mol. The van der Waals surface area contributed by atoms with Gasteiger partial charge in [0.2, 0.25) is 0 Å². The minimum Gasteiger partial charge on any atom is -0.356 e. The van der Waals surface area contributed by atoms with Gasteiger partial charge in [0.25, 0.3) is 0 Å². The number of hydrogen-bond acceptors (Lipinski definition) is 3. The second-order valence-corrected chi connectivity index (χ2v) is 0.224. The molecule has 0 spiro atoms. The normalized spacial score (nSPS) is 4.00. The third kappa shape index (κ3) is 190. The van der Waals surface area contributed by atoms with E-state index in [0.717, 1.165) is 0 Å². The van der Waals surface area contributed by atoms with Crippen LogP contribution in [0.2, 0.25) is 0 Å². The molecule has 0 aromatic carbocycles. The number of rotatable bonds is 0. The zero-order valence-corrected chi connectivity index (χ0v) is 6.40. The second-order valence-electron chi connectivity index (χ2n) is 0.224. The summed E-state index contributed by atoms with van der Waals surface area (Å²) in [4.78, 5) is 8.25.